The number of aromatic amines is 1. The molecule has 0 aliphatic heterocycles. The first-order chi connectivity index (χ1) is 16.0. The average molecular weight is 448 g/mol. The molecule has 0 spiro atoms. The van der Waals surface area contributed by atoms with E-state index in [2.05, 4.69) is 15.5 Å². The van der Waals surface area contributed by atoms with Crippen molar-refractivity contribution >= 4 is 28.3 Å². The van der Waals surface area contributed by atoms with E-state index < -0.39 is 4.92 Å². The number of anilines is 1. The lowest BCUT2D eigenvalue weighted by Gasteiger charge is -2.09. The molecule has 3 aromatic carbocycles. The molecule has 1 aromatic heterocycles. The molecule has 10 heteroatoms. The van der Waals surface area contributed by atoms with Crippen LogP contribution in [0.25, 0.3) is 10.9 Å². The standard InChI is InChI=1S/C23H20N4O6/c1-31-20-10-5-15(11-21(20)32-2)23(28)24-22-18-12-17(8-9-19(18)25-26-22)33-13-14-3-6-16(7-4-14)27(29)30/h3-12H,13H2,1-2H3,(H2,24,25,26,28). The summed E-state index contributed by atoms with van der Waals surface area (Å²) in [5, 5.41) is 21.3. The number of hydrogen-bond acceptors (Lipinski definition) is 7. The highest BCUT2D eigenvalue weighted by molar-refractivity contribution is 6.08. The molecule has 33 heavy (non-hydrogen) atoms. The van der Waals surface area contributed by atoms with Gasteiger partial charge in [0.1, 0.15) is 12.4 Å². The summed E-state index contributed by atoms with van der Waals surface area (Å²) in [6.45, 7) is 0.231. The normalized spacial score (nSPS) is 10.6. The number of non-ortho nitro benzene ring substituents is 1. The minimum absolute atomic E-state index is 0.0217. The summed E-state index contributed by atoms with van der Waals surface area (Å²) < 4.78 is 16.3. The quantitative estimate of drug-likeness (QED) is 0.303. The first-order valence-electron chi connectivity index (χ1n) is 9.86. The number of ether oxygens (including phenoxy) is 3. The summed E-state index contributed by atoms with van der Waals surface area (Å²) in [4.78, 5) is 23.1. The van der Waals surface area contributed by atoms with Crippen molar-refractivity contribution in [2.75, 3.05) is 19.5 Å². The molecule has 0 unspecified atom stereocenters. The molecule has 168 valence electrons. The number of benzene rings is 3. The van der Waals surface area contributed by atoms with Gasteiger partial charge in [-0.3, -0.25) is 20.0 Å². The highest BCUT2D eigenvalue weighted by Crippen LogP contribution is 2.29. The van der Waals surface area contributed by atoms with Gasteiger partial charge in [-0.1, -0.05) is 0 Å². The van der Waals surface area contributed by atoms with E-state index in [1.807, 2.05) is 0 Å². The van der Waals surface area contributed by atoms with Crippen LogP contribution in [0.3, 0.4) is 0 Å². The maximum absolute atomic E-state index is 12.8. The average Bonchev–Trinajstić information content (AvgIpc) is 3.24. The fourth-order valence-electron chi connectivity index (χ4n) is 3.22. The Morgan fingerprint density at radius 3 is 2.48 bits per heavy atom. The summed E-state index contributed by atoms with van der Waals surface area (Å²) in [6.07, 6.45) is 0. The minimum Gasteiger partial charge on any atom is -0.493 e. The maximum atomic E-state index is 12.8. The lowest BCUT2D eigenvalue weighted by Crippen LogP contribution is -2.12. The minimum atomic E-state index is -0.449. The second-order valence-corrected chi connectivity index (χ2v) is 7.02. The van der Waals surface area contributed by atoms with Gasteiger partial charge in [-0.25, -0.2) is 0 Å². The van der Waals surface area contributed by atoms with Gasteiger partial charge >= 0.3 is 0 Å². The zero-order valence-corrected chi connectivity index (χ0v) is 17.8. The Morgan fingerprint density at radius 2 is 1.79 bits per heavy atom. The topological polar surface area (TPSA) is 129 Å². The molecule has 0 radical (unpaired) electrons. The Morgan fingerprint density at radius 1 is 1.03 bits per heavy atom. The fourth-order valence-corrected chi connectivity index (χ4v) is 3.22. The van der Waals surface area contributed by atoms with Crippen molar-refractivity contribution in [1.82, 2.24) is 10.2 Å². The number of carbonyl (C=O) groups excluding carboxylic acids is 1. The van der Waals surface area contributed by atoms with Crippen molar-refractivity contribution < 1.29 is 23.9 Å². The number of fused-ring (bicyclic) bond motifs is 1. The van der Waals surface area contributed by atoms with Gasteiger partial charge in [-0.15, -0.1) is 0 Å². The number of nitro benzene ring substituents is 1. The number of H-pyrrole nitrogens is 1. The molecule has 0 atom stereocenters. The maximum Gasteiger partial charge on any atom is 0.269 e. The van der Waals surface area contributed by atoms with E-state index in [9.17, 15) is 14.9 Å². The third kappa shape index (κ3) is 4.69. The first kappa shape index (κ1) is 21.6. The summed E-state index contributed by atoms with van der Waals surface area (Å²) in [5.41, 5.74) is 1.91. The Balaban J connectivity index is 1.49. The van der Waals surface area contributed by atoms with Gasteiger partial charge in [-0.05, 0) is 54.1 Å². The Hall–Kier alpha value is -4.60. The Labute approximate surface area is 188 Å². The number of hydrogen-bond donors (Lipinski definition) is 2. The molecular formula is C23H20N4O6. The molecule has 0 saturated heterocycles. The molecule has 10 nitrogen and oxygen atoms in total. The summed E-state index contributed by atoms with van der Waals surface area (Å²) in [5.74, 6) is 1.52. The molecule has 4 rings (SSSR count). The summed E-state index contributed by atoms with van der Waals surface area (Å²) >= 11 is 0. The number of nitrogens with one attached hydrogen (secondary N) is 2. The highest BCUT2D eigenvalue weighted by Gasteiger charge is 2.15. The summed E-state index contributed by atoms with van der Waals surface area (Å²) in [7, 11) is 3.02. The van der Waals surface area contributed by atoms with Gasteiger partial charge in [0.25, 0.3) is 11.6 Å². The van der Waals surface area contributed by atoms with E-state index in [0.29, 0.717) is 34.0 Å². The van der Waals surface area contributed by atoms with Gasteiger partial charge in [0.15, 0.2) is 17.3 Å². The molecule has 4 aromatic rings. The molecule has 1 heterocycles. The fraction of sp³-hybridized carbons (Fsp3) is 0.130. The molecule has 2 N–H and O–H groups in total. The predicted octanol–water partition coefficient (Wildman–Crippen LogP) is 4.32. The van der Waals surface area contributed by atoms with Crippen LogP contribution in [-0.4, -0.2) is 35.2 Å². The van der Waals surface area contributed by atoms with E-state index in [4.69, 9.17) is 14.2 Å². The number of nitrogens with zero attached hydrogens (tertiary/aromatic N) is 2. The SMILES string of the molecule is COc1ccc(C(=O)Nc2n[nH]c3ccc(OCc4ccc([N+](=O)[O-])cc4)cc23)cc1OC. The summed E-state index contributed by atoms with van der Waals surface area (Å²) in [6, 6.07) is 16.3. The van der Waals surface area contributed by atoms with E-state index in [0.717, 1.165) is 11.1 Å². The predicted molar refractivity (Wildman–Crippen MR) is 121 cm³/mol. The molecule has 0 aliphatic rings. The van der Waals surface area contributed by atoms with E-state index >= 15 is 0 Å². The zero-order valence-electron chi connectivity index (χ0n) is 17.8. The number of aromatic nitrogens is 2. The van der Waals surface area contributed by atoms with Crippen LogP contribution >= 0.6 is 0 Å². The second kappa shape index (κ2) is 9.27. The van der Waals surface area contributed by atoms with Crippen molar-refractivity contribution in [3.8, 4) is 17.2 Å². The second-order valence-electron chi connectivity index (χ2n) is 7.02. The van der Waals surface area contributed by atoms with Crippen molar-refractivity contribution in [1.29, 1.82) is 0 Å². The molecule has 0 bridgehead atoms. The van der Waals surface area contributed by atoms with Crippen LogP contribution in [0.15, 0.2) is 60.7 Å². The van der Waals surface area contributed by atoms with E-state index in [1.54, 1.807) is 48.5 Å². The molecule has 0 fully saturated rings. The number of methoxy groups -OCH3 is 2. The number of rotatable bonds is 8. The van der Waals surface area contributed by atoms with Crippen molar-refractivity contribution in [3.63, 3.8) is 0 Å². The van der Waals surface area contributed by atoms with Gasteiger partial charge in [-0.2, -0.15) is 5.10 Å². The number of amides is 1. The van der Waals surface area contributed by atoms with Crippen LogP contribution in [0.2, 0.25) is 0 Å². The van der Waals surface area contributed by atoms with Crippen molar-refractivity contribution in [3.05, 3.63) is 81.9 Å². The number of nitro groups is 1. The largest absolute Gasteiger partial charge is 0.493 e. The van der Waals surface area contributed by atoms with Crippen LogP contribution in [0.4, 0.5) is 11.5 Å². The van der Waals surface area contributed by atoms with Gasteiger partial charge in [0.2, 0.25) is 0 Å². The van der Waals surface area contributed by atoms with Crippen LogP contribution in [-0.2, 0) is 6.61 Å². The van der Waals surface area contributed by atoms with Crippen LogP contribution in [0.5, 0.6) is 17.2 Å². The first-order valence-corrected chi connectivity index (χ1v) is 9.86. The highest BCUT2D eigenvalue weighted by atomic mass is 16.6. The zero-order chi connectivity index (χ0) is 23.4. The molecular weight excluding hydrogens is 428 g/mol. The van der Waals surface area contributed by atoms with Crippen LogP contribution < -0.4 is 19.5 Å². The van der Waals surface area contributed by atoms with Crippen molar-refractivity contribution in [2.45, 2.75) is 6.61 Å². The molecule has 0 aliphatic carbocycles. The number of carbonyl (C=O) groups is 1. The lowest BCUT2D eigenvalue weighted by atomic mass is 10.1. The third-order valence-electron chi connectivity index (χ3n) is 4.96. The van der Waals surface area contributed by atoms with E-state index in [-0.39, 0.29) is 18.2 Å². The smallest absolute Gasteiger partial charge is 0.269 e. The molecule has 0 saturated carbocycles. The monoisotopic (exact) mass is 448 g/mol. The van der Waals surface area contributed by atoms with Crippen molar-refractivity contribution in [2.24, 2.45) is 0 Å². The third-order valence-corrected chi connectivity index (χ3v) is 4.96. The van der Waals surface area contributed by atoms with Gasteiger partial charge < -0.3 is 19.5 Å². The Kier molecular flexibility index (Phi) is 6.07. The van der Waals surface area contributed by atoms with Crippen LogP contribution in [0.1, 0.15) is 15.9 Å². The Bertz CT molecular complexity index is 1320. The van der Waals surface area contributed by atoms with Crippen LogP contribution in [0, 0.1) is 10.1 Å². The lowest BCUT2D eigenvalue weighted by molar-refractivity contribution is -0.384. The van der Waals surface area contributed by atoms with Gasteiger partial charge in [0.05, 0.1) is 24.7 Å². The van der Waals surface area contributed by atoms with E-state index in [1.165, 1.54) is 26.4 Å². The molecule has 1 amide bonds. The van der Waals surface area contributed by atoms with Gasteiger partial charge in [0, 0.05) is 23.1 Å².